The van der Waals surface area contributed by atoms with E-state index in [1.54, 1.807) is 0 Å². The first-order valence-electron chi connectivity index (χ1n) is 11.5. The van der Waals surface area contributed by atoms with Gasteiger partial charge in [-0.05, 0) is 50.5 Å². The molecule has 2 aromatic rings. The van der Waals surface area contributed by atoms with E-state index in [9.17, 15) is 13.9 Å². The van der Waals surface area contributed by atoms with Crippen LogP contribution in [0.1, 0.15) is 49.6 Å². The summed E-state index contributed by atoms with van der Waals surface area (Å²) in [4.78, 5) is 23.9. The zero-order valence-electron chi connectivity index (χ0n) is 19.0. The molecule has 2 fully saturated rings. The predicted molar refractivity (Wildman–Crippen MR) is 130 cm³/mol. The number of carbonyl (C=O) groups is 1. The molecule has 0 bridgehead atoms. The lowest BCUT2D eigenvalue weighted by atomic mass is 10.1. The molecule has 5 rings (SSSR count). The zero-order chi connectivity index (χ0) is 23.2. The number of nitrogens with zero attached hydrogens (tertiary/aromatic N) is 3. The van der Waals surface area contributed by atoms with Crippen molar-refractivity contribution in [3.05, 3.63) is 35.5 Å². The van der Waals surface area contributed by atoms with Gasteiger partial charge in [0.05, 0.1) is 36.0 Å². The lowest BCUT2D eigenvalue weighted by Gasteiger charge is -2.38. The number of ether oxygens (including phenoxy) is 1. The number of morpholine rings is 1. The highest BCUT2D eigenvalue weighted by molar-refractivity contribution is 8.24. The van der Waals surface area contributed by atoms with Gasteiger partial charge in [-0.15, -0.1) is 0 Å². The van der Waals surface area contributed by atoms with Crippen LogP contribution in [0.4, 0.5) is 16.3 Å². The number of nitrogens with one attached hydrogen (secondary N) is 2. The van der Waals surface area contributed by atoms with Gasteiger partial charge < -0.3 is 20.3 Å². The Balaban J connectivity index is 1.48. The molecule has 33 heavy (non-hydrogen) atoms. The van der Waals surface area contributed by atoms with Crippen LogP contribution < -0.4 is 15.5 Å². The lowest BCUT2D eigenvalue weighted by Crippen LogP contribution is -2.44. The number of fused-ring (bicyclic) bond motifs is 1. The Morgan fingerprint density at radius 2 is 2.00 bits per heavy atom. The minimum Gasteiger partial charge on any atom is -0.377 e. The molecule has 1 saturated heterocycles. The number of hydrogen-bond acceptors (Lipinski definition) is 7. The second kappa shape index (κ2) is 8.75. The first-order chi connectivity index (χ1) is 15.9. The van der Waals surface area contributed by atoms with E-state index in [1.807, 2.05) is 31.2 Å². The predicted octanol–water partition coefficient (Wildman–Crippen LogP) is 4.37. The molecular formula is C23H31N5O4S. The van der Waals surface area contributed by atoms with Gasteiger partial charge in [0.25, 0.3) is 0 Å². The quantitative estimate of drug-likeness (QED) is 0.509. The summed E-state index contributed by atoms with van der Waals surface area (Å²) in [5.41, 5.74) is 3.08. The van der Waals surface area contributed by atoms with Crippen LogP contribution in [-0.4, -0.2) is 56.9 Å². The number of benzene rings is 1. The molecule has 9 nitrogen and oxygen atoms in total. The van der Waals surface area contributed by atoms with Gasteiger partial charge in [-0.3, -0.25) is 9.11 Å². The van der Waals surface area contributed by atoms with Crippen LogP contribution in [0.3, 0.4) is 0 Å². The molecule has 1 aromatic carbocycles. The van der Waals surface area contributed by atoms with Crippen molar-refractivity contribution in [1.29, 1.82) is 0 Å². The van der Waals surface area contributed by atoms with E-state index in [0.717, 1.165) is 29.8 Å². The van der Waals surface area contributed by atoms with Crippen molar-refractivity contribution >= 4 is 28.1 Å². The third kappa shape index (κ3) is 4.52. The van der Waals surface area contributed by atoms with Gasteiger partial charge in [-0.25, -0.2) is 14.8 Å². The van der Waals surface area contributed by atoms with Crippen LogP contribution in [0.2, 0.25) is 0 Å². The minimum absolute atomic E-state index is 0.127. The fourth-order valence-electron chi connectivity index (χ4n) is 4.58. The minimum atomic E-state index is -2.81. The Bertz CT molecular complexity index is 1040. The number of urea groups is 1. The monoisotopic (exact) mass is 473 g/mol. The Morgan fingerprint density at radius 3 is 2.67 bits per heavy atom. The Labute approximate surface area is 195 Å². The fraction of sp³-hybridized carbons (Fsp3) is 0.522. The average molecular weight is 474 g/mol. The van der Waals surface area contributed by atoms with Gasteiger partial charge in [0.1, 0.15) is 5.82 Å². The molecule has 1 aliphatic carbocycles. The molecule has 2 amide bonds. The normalized spacial score (nSPS) is 24.8. The molecule has 2 aliphatic heterocycles. The fourth-order valence-corrected chi connectivity index (χ4v) is 6.55. The molecule has 178 valence electrons. The molecule has 4 N–H and O–H groups in total. The number of carbonyl (C=O) groups excluding carboxylic acids is 1. The SMILES string of the molecule is CCC1c2c(nc(-c3ccc(NC(=O)NC4CC4)cc3)nc2N2CCOCC2C)CS1(O)O. The number of amides is 2. The van der Waals surface area contributed by atoms with Crippen molar-refractivity contribution in [1.82, 2.24) is 15.3 Å². The van der Waals surface area contributed by atoms with Crippen molar-refractivity contribution in [2.75, 3.05) is 30.0 Å². The molecular weight excluding hydrogens is 442 g/mol. The number of anilines is 2. The number of hydrogen-bond donors (Lipinski definition) is 4. The van der Waals surface area contributed by atoms with Crippen molar-refractivity contribution in [3.8, 4) is 11.4 Å². The first-order valence-corrected chi connectivity index (χ1v) is 13.3. The zero-order valence-corrected chi connectivity index (χ0v) is 19.8. The lowest BCUT2D eigenvalue weighted by molar-refractivity contribution is 0.0984. The summed E-state index contributed by atoms with van der Waals surface area (Å²) in [5, 5.41) is 5.40. The van der Waals surface area contributed by atoms with E-state index in [0.29, 0.717) is 49.4 Å². The summed E-state index contributed by atoms with van der Waals surface area (Å²) < 4.78 is 27.2. The van der Waals surface area contributed by atoms with E-state index >= 15 is 0 Å². The van der Waals surface area contributed by atoms with Crippen LogP contribution >= 0.6 is 10.6 Å². The number of aromatic nitrogens is 2. The van der Waals surface area contributed by atoms with Gasteiger partial charge in [0.15, 0.2) is 5.82 Å². The summed E-state index contributed by atoms with van der Waals surface area (Å²) in [5.74, 6) is 1.48. The summed E-state index contributed by atoms with van der Waals surface area (Å²) in [7, 11) is -2.81. The molecule has 1 saturated carbocycles. The first kappa shape index (κ1) is 22.4. The van der Waals surface area contributed by atoms with E-state index in [2.05, 4.69) is 22.5 Å². The van der Waals surface area contributed by atoms with Crippen LogP contribution in [0.25, 0.3) is 11.4 Å². The molecule has 3 aliphatic rings. The maximum absolute atomic E-state index is 12.0. The topological polar surface area (TPSA) is 120 Å². The van der Waals surface area contributed by atoms with Crippen LogP contribution in [0.15, 0.2) is 24.3 Å². The van der Waals surface area contributed by atoms with Crippen LogP contribution in [0.5, 0.6) is 0 Å². The van der Waals surface area contributed by atoms with Gasteiger partial charge in [0, 0.05) is 29.4 Å². The molecule has 2 unspecified atom stereocenters. The molecule has 0 radical (unpaired) electrons. The smallest absolute Gasteiger partial charge is 0.319 e. The maximum Gasteiger partial charge on any atom is 0.319 e. The second-order valence-electron chi connectivity index (χ2n) is 9.06. The third-order valence-electron chi connectivity index (χ3n) is 6.46. The highest BCUT2D eigenvalue weighted by Gasteiger charge is 2.41. The molecule has 2 atom stereocenters. The third-order valence-corrected chi connectivity index (χ3v) is 8.63. The maximum atomic E-state index is 12.0. The largest absolute Gasteiger partial charge is 0.377 e. The van der Waals surface area contributed by atoms with E-state index in [4.69, 9.17) is 14.7 Å². The standard InChI is InChI=1S/C23H31N5O4S/c1-3-19-20-18(13-33(19,30)31)26-21(27-22(20)28-10-11-32-12-14(28)2)15-4-6-16(7-5-15)24-23(29)25-17-8-9-17/h4-7,14,17,19,30-31H,3,8-13H2,1-2H3,(H2,24,25,29). The van der Waals surface area contributed by atoms with Crippen molar-refractivity contribution in [2.24, 2.45) is 0 Å². The van der Waals surface area contributed by atoms with E-state index in [1.165, 1.54) is 0 Å². The Kier molecular flexibility index (Phi) is 5.94. The van der Waals surface area contributed by atoms with Crippen molar-refractivity contribution in [2.45, 2.75) is 56.2 Å². The average Bonchev–Trinajstić information content (AvgIpc) is 3.54. The highest BCUT2D eigenvalue weighted by Crippen LogP contribution is 2.65. The van der Waals surface area contributed by atoms with Gasteiger partial charge in [-0.1, -0.05) is 6.92 Å². The Morgan fingerprint density at radius 1 is 1.24 bits per heavy atom. The summed E-state index contributed by atoms with van der Waals surface area (Å²) in [6.45, 7) is 5.96. The van der Waals surface area contributed by atoms with Gasteiger partial charge in [-0.2, -0.15) is 10.6 Å². The Hall–Kier alpha value is -2.40. The summed E-state index contributed by atoms with van der Waals surface area (Å²) in [6, 6.07) is 7.65. The summed E-state index contributed by atoms with van der Waals surface area (Å²) in [6.07, 6.45) is 2.69. The molecule has 3 heterocycles. The summed E-state index contributed by atoms with van der Waals surface area (Å²) >= 11 is 0. The highest BCUT2D eigenvalue weighted by atomic mass is 32.3. The van der Waals surface area contributed by atoms with Gasteiger partial charge >= 0.3 is 6.03 Å². The van der Waals surface area contributed by atoms with Crippen molar-refractivity contribution < 1.29 is 18.6 Å². The second-order valence-corrected chi connectivity index (χ2v) is 11.3. The van der Waals surface area contributed by atoms with Crippen LogP contribution in [0, 0.1) is 0 Å². The van der Waals surface area contributed by atoms with Crippen molar-refractivity contribution in [3.63, 3.8) is 0 Å². The van der Waals surface area contributed by atoms with E-state index < -0.39 is 10.6 Å². The van der Waals surface area contributed by atoms with E-state index in [-0.39, 0.29) is 23.1 Å². The van der Waals surface area contributed by atoms with Gasteiger partial charge in [0.2, 0.25) is 0 Å². The van der Waals surface area contributed by atoms with Crippen LogP contribution in [-0.2, 0) is 10.5 Å². The molecule has 10 heteroatoms. The molecule has 0 spiro atoms. The number of rotatable bonds is 5. The molecule has 1 aromatic heterocycles.